The summed E-state index contributed by atoms with van der Waals surface area (Å²) >= 11 is 2.98. The van der Waals surface area contributed by atoms with Crippen molar-refractivity contribution < 1.29 is 12.8 Å². The zero-order valence-electron chi connectivity index (χ0n) is 8.68. The van der Waals surface area contributed by atoms with Gasteiger partial charge in [0.05, 0.1) is 0 Å². The normalized spacial score (nSPS) is 12.0. The second-order valence-corrected chi connectivity index (χ2v) is 5.69. The topological polar surface area (TPSA) is 49.7 Å². The Morgan fingerprint density at radius 3 is 2.56 bits per heavy atom. The van der Waals surface area contributed by atoms with Crippen molar-refractivity contribution in [3.8, 4) is 0 Å². The molecule has 0 radical (unpaired) electrons. The third-order valence-electron chi connectivity index (χ3n) is 1.59. The molecule has 0 aliphatic heterocycles. The molecule has 0 aromatic heterocycles. The molecule has 7 heteroatoms. The fourth-order valence-electron chi connectivity index (χ4n) is 0.898. The van der Waals surface area contributed by atoms with Crippen LogP contribution in [0.2, 0.25) is 0 Å². The highest BCUT2D eigenvalue weighted by Crippen LogP contribution is 2.24. The zero-order valence-corrected chi connectivity index (χ0v) is 11.1. The maximum absolute atomic E-state index is 12.8. The molecule has 0 aliphatic carbocycles. The van der Waals surface area contributed by atoms with Crippen LogP contribution in [0, 0.1) is 5.82 Å². The highest BCUT2D eigenvalue weighted by atomic mass is 79.9. The summed E-state index contributed by atoms with van der Waals surface area (Å²) in [6.45, 7) is 0. The van der Waals surface area contributed by atoms with E-state index in [1.54, 1.807) is 14.1 Å². The van der Waals surface area contributed by atoms with Crippen LogP contribution in [0.25, 0.3) is 0 Å². The molecule has 0 aliphatic rings. The van der Waals surface area contributed by atoms with Gasteiger partial charge < -0.3 is 4.90 Å². The van der Waals surface area contributed by atoms with Gasteiger partial charge in [-0.1, -0.05) is 0 Å². The first-order valence-electron chi connectivity index (χ1n) is 4.25. The fraction of sp³-hybridized carbons (Fsp3) is 0.222. The van der Waals surface area contributed by atoms with Crippen molar-refractivity contribution in [2.24, 2.45) is 4.40 Å². The molecule has 1 rings (SSSR count). The predicted octanol–water partition coefficient (Wildman–Crippen LogP) is 1.87. The van der Waals surface area contributed by atoms with Crippen LogP contribution in [0.5, 0.6) is 0 Å². The van der Waals surface area contributed by atoms with Gasteiger partial charge in [-0.3, -0.25) is 0 Å². The molecular weight excluding hydrogens is 299 g/mol. The van der Waals surface area contributed by atoms with E-state index in [0.29, 0.717) is 0 Å². The van der Waals surface area contributed by atoms with Gasteiger partial charge in [0, 0.05) is 18.6 Å². The molecule has 0 fully saturated rings. The van der Waals surface area contributed by atoms with Crippen molar-refractivity contribution in [3.63, 3.8) is 0 Å². The molecule has 1 aromatic rings. The SMILES string of the molecule is CN(C)/C=N/S(=O)(=O)c1ccc(F)cc1Br. The maximum atomic E-state index is 12.8. The van der Waals surface area contributed by atoms with E-state index in [-0.39, 0.29) is 9.37 Å². The average Bonchev–Trinajstić information content (AvgIpc) is 2.14. The van der Waals surface area contributed by atoms with Gasteiger partial charge in [0.2, 0.25) is 0 Å². The number of hydrogen-bond acceptors (Lipinski definition) is 2. The van der Waals surface area contributed by atoms with Crippen molar-refractivity contribution in [1.82, 2.24) is 4.90 Å². The smallest absolute Gasteiger partial charge is 0.284 e. The molecular formula is C9H10BrFN2O2S. The number of hydrogen-bond donors (Lipinski definition) is 0. The minimum Gasteiger partial charge on any atom is -0.368 e. The van der Waals surface area contributed by atoms with Crippen LogP contribution in [-0.4, -0.2) is 33.8 Å². The number of rotatable bonds is 3. The number of nitrogens with zero attached hydrogens (tertiary/aromatic N) is 2. The number of halogens is 2. The standard InChI is InChI=1S/C9H10BrFN2O2S/c1-13(2)6-12-16(14,15)9-4-3-7(11)5-8(9)10/h3-6H,1-2H3/b12-6+. The second kappa shape index (κ2) is 4.92. The van der Waals surface area contributed by atoms with Crippen molar-refractivity contribution >= 4 is 32.3 Å². The first-order chi connectivity index (χ1) is 7.33. The Labute approximate surface area is 102 Å². The molecule has 4 nitrogen and oxygen atoms in total. The summed E-state index contributed by atoms with van der Waals surface area (Å²) in [6, 6.07) is 3.32. The van der Waals surface area contributed by atoms with Gasteiger partial charge in [0.1, 0.15) is 17.1 Å². The van der Waals surface area contributed by atoms with Crippen LogP contribution < -0.4 is 0 Å². The minimum absolute atomic E-state index is 0.0630. The molecule has 88 valence electrons. The van der Waals surface area contributed by atoms with E-state index < -0.39 is 15.8 Å². The molecule has 1 aromatic carbocycles. The van der Waals surface area contributed by atoms with Crippen molar-refractivity contribution in [1.29, 1.82) is 0 Å². The van der Waals surface area contributed by atoms with Crippen molar-refractivity contribution in [3.05, 3.63) is 28.5 Å². The fourth-order valence-corrected chi connectivity index (χ4v) is 2.83. The lowest BCUT2D eigenvalue weighted by atomic mass is 10.3. The molecule has 0 unspecified atom stereocenters. The molecule has 0 N–H and O–H groups in total. The molecule has 0 amide bonds. The summed E-state index contributed by atoms with van der Waals surface area (Å²) in [5, 5.41) is 0. The van der Waals surface area contributed by atoms with E-state index in [2.05, 4.69) is 20.3 Å². The Morgan fingerprint density at radius 2 is 2.06 bits per heavy atom. The second-order valence-electron chi connectivity index (χ2n) is 3.23. The predicted molar refractivity (Wildman–Crippen MR) is 63.5 cm³/mol. The summed E-state index contributed by atoms with van der Waals surface area (Å²) in [5.41, 5.74) is 0. The lowest BCUT2D eigenvalue weighted by Crippen LogP contribution is -2.10. The van der Waals surface area contributed by atoms with Crippen LogP contribution >= 0.6 is 15.9 Å². The van der Waals surface area contributed by atoms with E-state index in [0.717, 1.165) is 12.1 Å². The first-order valence-corrected chi connectivity index (χ1v) is 6.48. The van der Waals surface area contributed by atoms with Gasteiger partial charge >= 0.3 is 0 Å². The van der Waals surface area contributed by atoms with Gasteiger partial charge in [0.25, 0.3) is 10.0 Å². The van der Waals surface area contributed by atoms with E-state index >= 15 is 0 Å². The van der Waals surface area contributed by atoms with Crippen molar-refractivity contribution in [2.45, 2.75) is 4.90 Å². The van der Waals surface area contributed by atoms with Gasteiger partial charge in [-0.15, -0.1) is 4.40 Å². The molecule has 0 saturated heterocycles. The third-order valence-corrected chi connectivity index (χ3v) is 3.79. The Hall–Kier alpha value is -0.950. The van der Waals surface area contributed by atoms with Crippen LogP contribution in [0.4, 0.5) is 4.39 Å². The maximum Gasteiger partial charge on any atom is 0.284 e. The number of sulfonamides is 1. The summed E-state index contributed by atoms with van der Waals surface area (Å²) < 4.78 is 39.8. The monoisotopic (exact) mass is 308 g/mol. The summed E-state index contributed by atoms with van der Waals surface area (Å²) in [6.07, 6.45) is 1.17. The first kappa shape index (κ1) is 13.1. The van der Waals surface area contributed by atoms with Gasteiger partial charge in [0.15, 0.2) is 0 Å². The average molecular weight is 309 g/mol. The van der Waals surface area contributed by atoms with Crippen LogP contribution in [-0.2, 0) is 10.0 Å². The van der Waals surface area contributed by atoms with E-state index in [1.165, 1.54) is 17.3 Å². The lowest BCUT2D eigenvalue weighted by Gasteiger charge is -2.04. The third kappa shape index (κ3) is 3.28. The van der Waals surface area contributed by atoms with E-state index in [9.17, 15) is 12.8 Å². The minimum atomic E-state index is -3.79. The molecule has 0 heterocycles. The quantitative estimate of drug-likeness (QED) is 0.632. The number of benzene rings is 1. The van der Waals surface area contributed by atoms with Gasteiger partial charge in [-0.05, 0) is 34.1 Å². The molecule has 0 bridgehead atoms. The molecule has 0 spiro atoms. The zero-order chi connectivity index (χ0) is 12.3. The Balaban J connectivity index is 3.18. The summed E-state index contributed by atoms with van der Waals surface area (Å²) in [4.78, 5) is 1.43. The van der Waals surface area contributed by atoms with Gasteiger partial charge in [-0.25, -0.2) is 4.39 Å². The molecule has 16 heavy (non-hydrogen) atoms. The largest absolute Gasteiger partial charge is 0.368 e. The van der Waals surface area contributed by atoms with E-state index in [4.69, 9.17) is 0 Å². The summed E-state index contributed by atoms with van der Waals surface area (Å²) in [5.74, 6) is -0.512. The molecule has 0 atom stereocenters. The summed E-state index contributed by atoms with van der Waals surface area (Å²) in [7, 11) is -0.486. The van der Waals surface area contributed by atoms with Crippen LogP contribution in [0.1, 0.15) is 0 Å². The lowest BCUT2D eigenvalue weighted by molar-refractivity contribution is 0.593. The highest BCUT2D eigenvalue weighted by Gasteiger charge is 2.16. The van der Waals surface area contributed by atoms with Crippen LogP contribution in [0.3, 0.4) is 0 Å². The highest BCUT2D eigenvalue weighted by molar-refractivity contribution is 9.10. The van der Waals surface area contributed by atoms with E-state index in [1.807, 2.05) is 0 Å². The molecule has 0 saturated carbocycles. The van der Waals surface area contributed by atoms with Crippen LogP contribution in [0.15, 0.2) is 32.0 Å². The van der Waals surface area contributed by atoms with Crippen molar-refractivity contribution in [2.75, 3.05) is 14.1 Å². The Bertz CT molecular complexity index is 514. The Kier molecular flexibility index (Phi) is 4.03. The van der Waals surface area contributed by atoms with Gasteiger partial charge in [-0.2, -0.15) is 8.42 Å². The Morgan fingerprint density at radius 1 is 1.44 bits per heavy atom.